The van der Waals surface area contributed by atoms with Crippen LogP contribution in [0.1, 0.15) is 0 Å². The predicted octanol–water partition coefficient (Wildman–Crippen LogP) is 0.649. The van der Waals surface area contributed by atoms with Crippen LogP contribution < -0.4 is 19.7 Å². The van der Waals surface area contributed by atoms with Gasteiger partial charge < -0.3 is 14.4 Å². The van der Waals surface area contributed by atoms with Crippen molar-refractivity contribution in [2.24, 2.45) is 0 Å². The van der Waals surface area contributed by atoms with Gasteiger partial charge in [-0.3, -0.25) is 15.0 Å². The Labute approximate surface area is 152 Å². The molecule has 0 unspecified atom stereocenters. The molecule has 3 heterocycles. The van der Waals surface area contributed by atoms with Crippen molar-refractivity contribution in [3.8, 4) is 11.8 Å². The second-order valence-corrected chi connectivity index (χ2v) is 5.78. The van der Waals surface area contributed by atoms with Gasteiger partial charge in [-0.1, -0.05) is 6.07 Å². The van der Waals surface area contributed by atoms with Gasteiger partial charge in [0.2, 0.25) is 23.6 Å². The molecule has 9 heteroatoms. The Hall–Kier alpha value is -2.94. The minimum atomic E-state index is -0.174. The number of pyridine rings is 1. The number of hydrogen-bond donors (Lipinski definition) is 1. The van der Waals surface area contributed by atoms with Crippen molar-refractivity contribution >= 4 is 17.7 Å². The molecule has 26 heavy (non-hydrogen) atoms. The Morgan fingerprint density at radius 3 is 2.38 bits per heavy atom. The summed E-state index contributed by atoms with van der Waals surface area (Å²) in [5.74, 6) is 1.62. The van der Waals surface area contributed by atoms with Crippen LogP contribution in [0.5, 0.6) is 11.8 Å². The third-order valence-corrected chi connectivity index (χ3v) is 4.06. The van der Waals surface area contributed by atoms with Crippen LogP contribution in [0.2, 0.25) is 0 Å². The summed E-state index contributed by atoms with van der Waals surface area (Å²) in [6, 6.07) is 7.42. The number of nitrogens with one attached hydrogen (secondary N) is 1. The van der Waals surface area contributed by atoms with Gasteiger partial charge in [-0.25, -0.2) is 4.98 Å². The molecule has 138 valence electrons. The van der Waals surface area contributed by atoms with Gasteiger partial charge in [0.05, 0.1) is 26.8 Å². The Bertz CT molecular complexity index is 712. The lowest BCUT2D eigenvalue weighted by molar-refractivity contribution is -0.117. The Morgan fingerprint density at radius 2 is 1.81 bits per heavy atom. The van der Waals surface area contributed by atoms with E-state index >= 15 is 0 Å². The third kappa shape index (κ3) is 4.57. The molecule has 0 aromatic carbocycles. The zero-order chi connectivity index (χ0) is 18.4. The summed E-state index contributed by atoms with van der Waals surface area (Å²) in [6.45, 7) is 3.50. The number of ether oxygens (including phenoxy) is 2. The van der Waals surface area contributed by atoms with Gasteiger partial charge in [-0.15, -0.1) is 0 Å². The maximum Gasteiger partial charge on any atom is 0.240 e. The molecule has 0 saturated carbocycles. The zero-order valence-electron chi connectivity index (χ0n) is 14.9. The van der Waals surface area contributed by atoms with E-state index in [9.17, 15) is 4.79 Å². The van der Waals surface area contributed by atoms with Gasteiger partial charge >= 0.3 is 0 Å². The van der Waals surface area contributed by atoms with E-state index in [2.05, 4.69) is 30.1 Å². The van der Waals surface area contributed by atoms with Crippen LogP contribution in [-0.4, -0.2) is 72.7 Å². The first-order chi connectivity index (χ1) is 12.7. The molecule has 0 radical (unpaired) electrons. The van der Waals surface area contributed by atoms with E-state index in [1.165, 1.54) is 14.2 Å². The first kappa shape index (κ1) is 17.9. The first-order valence-corrected chi connectivity index (χ1v) is 8.33. The molecule has 0 atom stereocenters. The van der Waals surface area contributed by atoms with E-state index in [4.69, 9.17) is 9.47 Å². The number of methoxy groups -OCH3 is 2. The standard InChI is InChI=1S/C17H22N6O3/c1-25-15-11-16(26-2)21-17(20-15)19-14(24)12-22-7-9-23(10-8-22)13-5-3-4-6-18-13/h3-6,11H,7-10,12H2,1-2H3,(H,19,20,21,24). The molecule has 0 spiro atoms. The molecular formula is C17H22N6O3. The van der Waals surface area contributed by atoms with Gasteiger partial charge in [0, 0.05) is 32.4 Å². The number of rotatable bonds is 6. The number of carbonyl (C=O) groups excluding carboxylic acids is 1. The van der Waals surface area contributed by atoms with Crippen LogP contribution in [0.25, 0.3) is 0 Å². The highest BCUT2D eigenvalue weighted by atomic mass is 16.5. The van der Waals surface area contributed by atoms with Crippen LogP contribution in [0, 0.1) is 0 Å². The number of amides is 1. The fourth-order valence-corrected chi connectivity index (χ4v) is 2.71. The summed E-state index contributed by atoms with van der Waals surface area (Å²) >= 11 is 0. The minimum absolute atomic E-state index is 0.165. The van der Waals surface area contributed by atoms with E-state index in [-0.39, 0.29) is 18.4 Å². The number of hydrogen-bond acceptors (Lipinski definition) is 8. The minimum Gasteiger partial charge on any atom is -0.481 e. The van der Waals surface area contributed by atoms with E-state index < -0.39 is 0 Å². The molecule has 1 aliphatic rings. The Morgan fingerprint density at radius 1 is 1.12 bits per heavy atom. The second-order valence-electron chi connectivity index (χ2n) is 5.78. The van der Waals surface area contributed by atoms with Crippen molar-refractivity contribution < 1.29 is 14.3 Å². The largest absolute Gasteiger partial charge is 0.481 e. The molecule has 9 nitrogen and oxygen atoms in total. The van der Waals surface area contributed by atoms with Gasteiger partial charge in [0.15, 0.2) is 0 Å². The quantitative estimate of drug-likeness (QED) is 0.805. The first-order valence-electron chi connectivity index (χ1n) is 8.33. The molecule has 1 saturated heterocycles. The average Bonchev–Trinajstić information content (AvgIpc) is 2.68. The monoisotopic (exact) mass is 358 g/mol. The summed E-state index contributed by atoms with van der Waals surface area (Å²) in [6.07, 6.45) is 1.79. The van der Waals surface area contributed by atoms with Gasteiger partial charge in [-0.2, -0.15) is 9.97 Å². The summed E-state index contributed by atoms with van der Waals surface area (Å²) in [5.41, 5.74) is 0. The molecule has 1 amide bonds. The van der Waals surface area contributed by atoms with E-state index in [0.29, 0.717) is 11.8 Å². The van der Waals surface area contributed by atoms with Crippen molar-refractivity contribution in [3.05, 3.63) is 30.5 Å². The van der Waals surface area contributed by atoms with E-state index in [0.717, 1.165) is 32.0 Å². The van der Waals surface area contributed by atoms with Gasteiger partial charge in [-0.05, 0) is 12.1 Å². The number of anilines is 2. The lowest BCUT2D eigenvalue weighted by atomic mass is 10.3. The maximum absolute atomic E-state index is 12.3. The second kappa shape index (κ2) is 8.43. The smallest absolute Gasteiger partial charge is 0.240 e. The third-order valence-electron chi connectivity index (χ3n) is 4.06. The lowest BCUT2D eigenvalue weighted by Crippen LogP contribution is -2.49. The van der Waals surface area contributed by atoms with Crippen LogP contribution in [0.3, 0.4) is 0 Å². The number of piperazine rings is 1. The summed E-state index contributed by atoms with van der Waals surface area (Å²) in [7, 11) is 2.99. The van der Waals surface area contributed by atoms with Crippen LogP contribution in [0.4, 0.5) is 11.8 Å². The van der Waals surface area contributed by atoms with E-state index in [1.54, 1.807) is 12.3 Å². The highest BCUT2D eigenvalue weighted by Crippen LogP contribution is 2.17. The molecule has 0 bridgehead atoms. The average molecular weight is 358 g/mol. The number of nitrogens with zero attached hydrogens (tertiary/aromatic N) is 5. The summed E-state index contributed by atoms with van der Waals surface area (Å²) in [5, 5.41) is 2.69. The molecule has 1 aliphatic heterocycles. The van der Waals surface area contributed by atoms with Crippen LogP contribution >= 0.6 is 0 Å². The Balaban J connectivity index is 1.52. The van der Waals surface area contributed by atoms with Crippen molar-refractivity contribution in [1.29, 1.82) is 0 Å². The molecule has 0 aliphatic carbocycles. The number of aromatic nitrogens is 3. The van der Waals surface area contributed by atoms with E-state index in [1.807, 2.05) is 18.2 Å². The Kier molecular flexibility index (Phi) is 5.80. The summed E-state index contributed by atoms with van der Waals surface area (Å²) < 4.78 is 10.2. The molecular weight excluding hydrogens is 336 g/mol. The molecule has 1 N–H and O–H groups in total. The van der Waals surface area contributed by atoms with Crippen molar-refractivity contribution in [2.45, 2.75) is 0 Å². The van der Waals surface area contributed by atoms with Crippen LogP contribution in [0.15, 0.2) is 30.5 Å². The van der Waals surface area contributed by atoms with Gasteiger partial charge in [0.1, 0.15) is 5.82 Å². The summed E-state index contributed by atoms with van der Waals surface area (Å²) in [4.78, 5) is 29.2. The molecule has 3 rings (SSSR count). The zero-order valence-corrected chi connectivity index (χ0v) is 14.9. The van der Waals surface area contributed by atoms with Crippen LogP contribution in [-0.2, 0) is 4.79 Å². The highest BCUT2D eigenvalue weighted by molar-refractivity contribution is 5.90. The topological polar surface area (TPSA) is 92.7 Å². The highest BCUT2D eigenvalue weighted by Gasteiger charge is 2.20. The number of carbonyl (C=O) groups is 1. The predicted molar refractivity (Wildman–Crippen MR) is 96.7 cm³/mol. The van der Waals surface area contributed by atoms with Crippen molar-refractivity contribution in [1.82, 2.24) is 19.9 Å². The SMILES string of the molecule is COc1cc(OC)nc(NC(=O)CN2CCN(c3ccccn3)CC2)n1. The normalized spacial score (nSPS) is 14.8. The maximum atomic E-state index is 12.3. The lowest BCUT2D eigenvalue weighted by Gasteiger charge is -2.34. The molecule has 1 fully saturated rings. The molecule has 2 aromatic rings. The fraction of sp³-hybridized carbons (Fsp3) is 0.412. The van der Waals surface area contributed by atoms with Crippen molar-refractivity contribution in [2.75, 3.05) is 57.2 Å². The van der Waals surface area contributed by atoms with Crippen molar-refractivity contribution in [3.63, 3.8) is 0 Å². The van der Waals surface area contributed by atoms with Gasteiger partial charge in [0.25, 0.3) is 0 Å². The molecule has 2 aromatic heterocycles. The fourth-order valence-electron chi connectivity index (χ4n) is 2.71.